The van der Waals surface area contributed by atoms with E-state index in [1.54, 1.807) is 25.5 Å². The third-order valence-corrected chi connectivity index (χ3v) is 3.14. The first-order valence-electron chi connectivity index (χ1n) is 5.63. The monoisotopic (exact) mass is 233 g/mol. The fourth-order valence-electron chi connectivity index (χ4n) is 1.89. The summed E-state index contributed by atoms with van der Waals surface area (Å²) in [7, 11) is 1.66. The minimum Gasteiger partial charge on any atom is -0.295 e. The first-order valence-corrected chi connectivity index (χ1v) is 5.63. The van der Waals surface area contributed by atoms with Crippen molar-refractivity contribution in [2.24, 2.45) is 7.05 Å². The molecule has 2 rings (SSSR count). The van der Waals surface area contributed by atoms with Crippen LogP contribution in [0.1, 0.15) is 26.3 Å². The van der Waals surface area contributed by atoms with Gasteiger partial charge in [-0.3, -0.25) is 18.9 Å². The Kier molecular flexibility index (Phi) is 2.83. The maximum absolute atomic E-state index is 12.2. The zero-order valence-electron chi connectivity index (χ0n) is 10.2. The predicted octanol–water partition coefficient (Wildman–Crippen LogP) is 1.07. The second-order valence-corrected chi connectivity index (χ2v) is 4.17. The van der Waals surface area contributed by atoms with Gasteiger partial charge >= 0.3 is 5.69 Å². The highest BCUT2D eigenvalue weighted by molar-refractivity contribution is 5.76. The summed E-state index contributed by atoms with van der Waals surface area (Å²) in [6.45, 7) is 3.82. The van der Waals surface area contributed by atoms with Gasteiger partial charge in [0.25, 0.3) is 5.56 Å². The Bertz CT molecular complexity index is 669. The number of fused-ring (bicyclic) bond motifs is 1. The molecule has 0 aliphatic carbocycles. The molecule has 90 valence electrons. The molecule has 2 aromatic rings. The fourth-order valence-corrected chi connectivity index (χ4v) is 1.89. The summed E-state index contributed by atoms with van der Waals surface area (Å²) < 4.78 is 2.78. The normalized spacial score (nSPS) is 12.9. The van der Waals surface area contributed by atoms with E-state index < -0.39 is 0 Å². The van der Waals surface area contributed by atoms with Crippen LogP contribution >= 0.6 is 0 Å². The maximum atomic E-state index is 12.2. The van der Waals surface area contributed by atoms with Crippen molar-refractivity contribution in [2.75, 3.05) is 0 Å². The molecular weight excluding hydrogens is 218 g/mol. The molecule has 0 aromatic carbocycles. The second kappa shape index (κ2) is 4.16. The Balaban J connectivity index is 2.97. The van der Waals surface area contributed by atoms with Gasteiger partial charge in [0, 0.05) is 19.3 Å². The number of hydrogen-bond donors (Lipinski definition) is 0. The topological polar surface area (TPSA) is 56.9 Å². The highest BCUT2D eigenvalue weighted by Crippen LogP contribution is 2.08. The van der Waals surface area contributed by atoms with Gasteiger partial charge in [0.2, 0.25) is 0 Å². The molecule has 0 fully saturated rings. The molecule has 5 nitrogen and oxygen atoms in total. The van der Waals surface area contributed by atoms with Gasteiger partial charge in [-0.1, -0.05) is 6.92 Å². The van der Waals surface area contributed by atoms with E-state index >= 15 is 0 Å². The molecule has 17 heavy (non-hydrogen) atoms. The van der Waals surface area contributed by atoms with Crippen LogP contribution in [-0.2, 0) is 7.05 Å². The minimum absolute atomic E-state index is 0.0984. The summed E-state index contributed by atoms with van der Waals surface area (Å²) in [4.78, 5) is 28.3. The number of pyridine rings is 1. The van der Waals surface area contributed by atoms with Crippen LogP contribution in [0.4, 0.5) is 0 Å². The summed E-state index contributed by atoms with van der Waals surface area (Å²) in [6.07, 6.45) is 3.85. The van der Waals surface area contributed by atoms with Crippen LogP contribution in [0.3, 0.4) is 0 Å². The number of rotatable bonds is 2. The van der Waals surface area contributed by atoms with Crippen LogP contribution in [0.15, 0.2) is 28.0 Å². The lowest BCUT2D eigenvalue weighted by molar-refractivity contribution is 0.481. The van der Waals surface area contributed by atoms with Gasteiger partial charge in [-0.05, 0) is 19.4 Å². The van der Waals surface area contributed by atoms with Gasteiger partial charge in [-0.15, -0.1) is 0 Å². The Morgan fingerprint density at radius 3 is 2.76 bits per heavy atom. The van der Waals surface area contributed by atoms with Crippen molar-refractivity contribution in [3.05, 3.63) is 39.3 Å². The van der Waals surface area contributed by atoms with Gasteiger partial charge in [-0.25, -0.2) is 4.79 Å². The molecule has 0 saturated heterocycles. The molecule has 0 saturated carbocycles. The minimum atomic E-state index is -0.287. The lowest BCUT2D eigenvalue weighted by atomic mass is 10.2. The average molecular weight is 233 g/mol. The highest BCUT2D eigenvalue weighted by atomic mass is 16.2. The molecule has 0 spiro atoms. The standard InChI is InChI=1S/C12H15N3O2/c1-4-8(2)15-11(16)9-5-6-13-7-10(9)14(3)12(15)17/h5-8H,4H2,1-3H3. The molecule has 1 unspecified atom stereocenters. The predicted molar refractivity (Wildman–Crippen MR) is 66.2 cm³/mol. The maximum Gasteiger partial charge on any atom is 0.331 e. The first-order chi connectivity index (χ1) is 8.07. The third kappa shape index (κ3) is 1.67. The van der Waals surface area contributed by atoms with E-state index in [0.29, 0.717) is 10.9 Å². The molecule has 0 aliphatic heterocycles. The molecule has 0 N–H and O–H groups in total. The van der Waals surface area contributed by atoms with Gasteiger partial charge in [0.1, 0.15) is 0 Å². The van der Waals surface area contributed by atoms with Crippen LogP contribution in [0.2, 0.25) is 0 Å². The lowest BCUT2D eigenvalue weighted by Gasteiger charge is -2.14. The van der Waals surface area contributed by atoms with Crippen LogP contribution in [0.25, 0.3) is 10.9 Å². The van der Waals surface area contributed by atoms with E-state index in [9.17, 15) is 9.59 Å². The highest BCUT2D eigenvalue weighted by Gasteiger charge is 2.14. The first kappa shape index (κ1) is 11.6. The van der Waals surface area contributed by atoms with Crippen LogP contribution in [-0.4, -0.2) is 14.1 Å². The summed E-state index contributed by atoms with van der Waals surface area (Å²) in [6, 6.07) is 1.55. The van der Waals surface area contributed by atoms with Crippen LogP contribution < -0.4 is 11.2 Å². The summed E-state index contributed by atoms with van der Waals surface area (Å²) in [5, 5.41) is 0.530. The summed E-state index contributed by atoms with van der Waals surface area (Å²) >= 11 is 0. The van der Waals surface area contributed by atoms with Crippen LogP contribution in [0.5, 0.6) is 0 Å². The van der Waals surface area contributed by atoms with Gasteiger partial charge in [0.15, 0.2) is 0 Å². The SMILES string of the molecule is CCC(C)n1c(=O)c2ccncc2n(C)c1=O. The second-order valence-electron chi connectivity index (χ2n) is 4.17. The lowest BCUT2D eigenvalue weighted by Crippen LogP contribution is -2.40. The Morgan fingerprint density at radius 1 is 1.41 bits per heavy atom. The molecule has 1 atom stereocenters. The number of hydrogen-bond acceptors (Lipinski definition) is 3. The number of aryl methyl sites for hydroxylation is 1. The summed E-state index contributed by atoms with van der Waals surface area (Å²) in [5.74, 6) is 0. The molecule has 0 bridgehead atoms. The van der Waals surface area contributed by atoms with Crippen molar-refractivity contribution in [3.8, 4) is 0 Å². The van der Waals surface area contributed by atoms with Crippen molar-refractivity contribution < 1.29 is 0 Å². The summed E-state index contributed by atoms with van der Waals surface area (Å²) in [5.41, 5.74) is 0.0479. The van der Waals surface area contributed by atoms with E-state index in [1.165, 1.54) is 9.13 Å². The molecule has 2 aromatic heterocycles. The molecule has 5 heteroatoms. The fraction of sp³-hybridized carbons (Fsp3) is 0.417. The zero-order chi connectivity index (χ0) is 12.6. The Labute approximate surface area is 98.3 Å². The van der Waals surface area contributed by atoms with E-state index in [-0.39, 0.29) is 17.3 Å². The van der Waals surface area contributed by atoms with Crippen molar-refractivity contribution in [1.29, 1.82) is 0 Å². The molecular formula is C12H15N3O2. The van der Waals surface area contributed by atoms with Crippen LogP contribution in [0, 0.1) is 0 Å². The largest absolute Gasteiger partial charge is 0.331 e. The smallest absolute Gasteiger partial charge is 0.295 e. The Hall–Kier alpha value is -1.91. The van der Waals surface area contributed by atoms with Crippen molar-refractivity contribution >= 4 is 10.9 Å². The number of aromatic nitrogens is 3. The van der Waals surface area contributed by atoms with E-state index in [4.69, 9.17) is 0 Å². The van der Waals surface area contributed by atoms with Crippen molar-refractivity contribution in [2.45, 2.75) is 26.3 Å². The quantitative estimate of drug-likeness (QED) is 0.779. The van der Waals surface area contributed by atoms with E-state index in [0.717, 1.165) is 6.42 Å². The van der Waals surface area contributed by atoms with Gasteiger partial charge in [-0.2, -0.15) is 0 Å². The van der Waals surface area contributed by atoms with E-state index in [2.05, 4.69) is 4.98 Å². The zero-order valence-corrected chi connectivity index (χ0v) is 10.2. The third-order valence-electron chi connectivity index (χ3n) is 3.14. The van der Waals surface area contributed by atoms with Gasteiger partial charge < -0.3 is 0 Å². The molecule has 0 aliphatic rings. The van der Waals surface area contributed by atoms with E-state index in [1.807, 2.05) is 13.8 Å². The average Bonchev–Trinajstić information content (AvgIpc) is 2.36. The van der Waals surface area contributed by atoms with Crippen molar-refractivity contribution in [3.63, 3.8) is 0 Å². The Morgan fingerprint density at radius 2 is 2.12 bits per heavy atom. The van der Waals surface area contributed by atoms with Gasteiger partial charge in [0.05, 0.1) is 17.1 Å². The molecule has 0 radical (unpaired) electrons. The number of nitrogens with zero attached hydrogens (tertiary/aromatic N) is 3. The van der Waals surface area contributed by atoms with Crippen molar-refractivity contribution in [1.82, 2.24) is 14.1 Å². The molecule has 2 heterocycles. The molecule has 0 amide bonds.